The van der Waals surface area contributed by atoms with Gasteiger partial charge in [-0.1, -0.05) is 29.8 Å². The number of halogens is 1. The third-order valence-electron chi connectivity index (χ3n) is 4.40. The zero-order valence-corrected chi connectivity index (χ0v) is 17.1. The highest BCUT2D eigenvalue weighted by atomic mass is 127. The first-order chi connectivity index (χ1) is 10.6. The molecule has 1 saturated heterocycles. The predicted molar refractivity (Wildman–Crippen MR) is 110 cm³/mol. The van der Waals surface area contributed by atoms with E-state index in [0.29, 0.717) is 12.1 Å². The van der Waals surface area contributed by atoms with Gasteiger partial charge in [-0.05, 0) is 39.2 Å². The number of nitrogens with zero attached hydrogens (tertiary/aromatic N) is 2. The second kappa shape index (κ2) is 10.1. The van der Waals surface area contributed by atoms with Crippen LogP contribution in [0.1, 0.15) is 37.8 Å². The van der Waals surface area contributed by atoms with Gasteiger partial charge in [0, 0.05) is 38.8 Å². The summed E-state index contributed by atoms with van der Waals surface area (Å²) in [6.45, 7) is 9.81. The third kappa shape index (κ3) is 6.67. The van der Waals surface area contributed by atoms with Crippen molar-refractivity contribution in [2.45, 2.75) is 52.2 Å². The smallest absolute Gasteiger partial charge is 0.191 e. The molecule has 2 rings (SSSR count). The molecule has 0 bridgehead atoms. The van der Waals surface area contributed by atoms with Crippen molar-refractivity contribution in [1.82, 2.24) is 15.5 Å². The van der Waals surface area contributed by atoms with E-state index in [1.165, 1.54) is 37.1 Å². The summed E-state index contributed by atoms with van der Waals surface area (Å²) < 4.78 is 0. The van der Waals surface area contributed by atoms with Gasteiger partial charge in [-0.25, -0.2) is 0 Å². The van der Waals surface area contributed by atoms with Gasteiger partial charge in [-0.2, -0.15) is 0 Å². The number of nitrogens with one attached hydrogen (secondary N) is 2. The van der Waals surface area contributed by atoms with Crippen LogP contribution in [0.15, 0.2) is 29.3 Å². The van der Waals surface area contributed by atoms with Crippen LogP contribution in [0, 0.1) is 6.92 Å². The standard InChI is InChI=1S/C18H30N4.HI/c1-14(2)22-11-9-17(10-12-22)21-18(19-4)20-13-16-7-5-15(3)6-8-16;/h5-8,14,17H,9-13H2,1-4H3,(H2,19,20,21);1H. The molecular formula is C18H31IN4. The Morgan fingerprint density at radius 2 is 1.83 bits per heavy atom. The average Bonchev–Trinajstić information content (AvgIpc) is 2.53. The fourth-order valence-electron chi connectivity index (χ4n) is 2.84. The van der Waals surface area contributed by atoms with Crippen LogP contribution in [-0.2, 0) is 6.54 Å². The van der Waals surface area contributed by atoms with Gasteiger partial charge < -0.3 is 15.5 Å². The quantitative estimate of drug-likeness (QED) is 0.438. The summed E-state index contributed by atoms with van der Waals surface area (Å²) in [5.74, 6) is 0.906. The zero-order valence-electron chi connectivity index (χ0n) is 14.8. The van der Waals surface area contributed by atoms with Crippen LogP contribution in [0.4, 0.5) is 0 Å². The van der Waals surface area contributed by atoms with Crippen molar-refractivity contribution in [3.63, 3.8) is 0 Å². The first-order valence-corrected chi connectivity index (χ1v) is 8.35. The highest BCUT2D eigenvalue weighted by molar-refractivity contribution is 14.0. The van der Waals surface area contributed by atoms with Gasteiger partial charge in [0.05, 0.1) is 0 Å². The second-order valence-corrected chi connectivity index (χ2v) is 6.46. The minimum atomic E-state index is 0. The fourth-order valence-corrected chi connectivity index (χ4v) is 2.84. The predicted octanol–water partition coefficient (Wildman–Crippen LogP) is 3.15. The fraction of sp³-hybridized carbons (Fsp3) is 0.611. The summed E-state index contributed by atoms with van der Waals surface area (Å²) in [7, 11) is 1.84. The van der Waals surface area contributed by atoms with Crippen molar-refractivity contribution >= 4 is 29.9 Å². The first kappa shape index (κ1) is 20.2. The molecule has 23 heavy (non-hydrogen) atoms. The van der Waals surface area contributed by atoms with Crippen LogP contribution in [0.25, 0.3) is 0 Å². The Bertz CT molecular complexity index is 476. The summed E-state index contributed by atoms with van der Waals surface area (Å²) in [6.07, 6.45) is 2.37. The van der Waals surface area contributed by atoms with E-state index in [9.17, 15) is 0 Å². The maximum Gasteiger partial charge on any atom is 0.191 e. The molecule has 5 heteroatoms. The van der Waals surface area contributed by atoms with E-state index in [4.69, 9.17) is 0 Å². The van der Waals surface area contributed by atoms with Crippen molar-refractivity contribution in [2.24, 2.45) is 4.99 Å². The second-order valence-electron chi connectivity index (χ2n) is 6.46. The number of hydrogen-bond acceptors (Lipinski definition) is 2. The molecular weight excluding hydrogens is 399 g/mol. The molecule has 1 aromatic carbocycles. The van der Waals surface area contributed by atoms with Gasteiger partial charge >= 0.3 is 0 Å². The molecule has 0 radical (unpaired) electrons. The molecule has 2 N–H and O–H groups in total. The lowest BCUT2D eigenvalue weighted by Gasteiger charge is -2.35. The normalized spacial score (nSPS) is 17.0. The van der Waals surface area contributed by atoms with Gasteiger partial charge in [0.1, 0.15) is 0 Å². The van der Waals surface area contributed by atoms with Crippen molar-refractivity contribution < 1.29 is 0 Å². The van der Waals surface area contributed by atoms with E-state index < -0.39 is 0 Å². The number of hydrogen-bond donors (Lipinski definition) is 2. The molecule has 130 valence electrons. The van der Waals surface area contributed by atoms with Crippen LogP contribution in [0.3, 0.4) is 0 Å². The van der Waals surface area contributed by atoms with E-state index in [1.54, 1.807) is 0 Å². The third-order valence-corrected chi connectivity index (χ3v) is 4.40. The largest absolute Gasteiger partial charge is 0.354 e. The Hall–Kier alpha value is -0.820. The summed E-state index contributed by atoms with van der Waals surface area (Å²) >= 11 is 0. The number of aryl methyl sites for hydroxylation is 1. The van der Waals surface area contributed by atoms with Crippen LogP contribution in [-0.4, -0.2) is 43.1 Å². The number of piperidine rings is 1. The van der Waals surface area contributed by atoms with E-state index in [-0.39, 0.29) is 24.0 Å². The topological polar surface area (TPSA) is 39.7 Å². The minimum absolute atomic E-state index is 0. The molecule has 0 amide bonds. The van der Waals surface area contributed by atoms with Crippen molar-refractivity contribution in [2.75, 3.05) is 20.1 Å². The van der Waals surface area contributed by atoms with Gasteiger partial charge in [0.2, 0.25) is 0 Å². The Balaban J connectivity index is 0.00000264. The Kier molecular flexibility index (Phi) is 8.91. The van der Waals surface area contributed by atoms with Crippen molar-refractivity contribution in [1.29, 1.82) is 0 Å². The molecule has 1 fully saturated rings. The number of aliphatic imine (C=N–C) groups is 1. The first-order valence-electron chi connectivity index (χ1n) is 8.35. The lowest BCUT2D eigenvalue weighted by atomic mass is 10.0. The molecule has 0 aliphatic carbocycles. The van der Waals surface area contributed by atoms with Gasteiger partial charge in [0.25, 0.3) is 0 Å². The van der Waals surface area contributed by atoms with Crippen molar-refractivity contribution in [3.8, 4) is 0 Å². The molecule has 1 heterocycles. The summed E-state index contributed by atoms with van der Waals surface area (Å²) in [5, 5.41) is 6.97. The molecule has 1 aliphatic heterocycles. The molecule has 4 nitrogen and oxygen atoms in total. The molecule has 1 aliphatic rings. The van der Waals surface area contributed by atoms with Crippen LogP contribution >= 0.6 is 24.0 Å². The van der Waals surface area contributed by atoms with E-state index in [0.717, 1.165) is 12.5 Å². The van der Waals surface area contributed by atoms with E-state index in [1.807, 2.05) is 7.05 Å². The molecule has 0 spiro atoms. The molecule has 0 saturated carbocycles. The summed E-state index contributed by atoms with van der Waals surface area (Å²) in [6, 6.07) is 9.80. The van der Waals surface area contributed by atoms with E-state index >= 15 is 0 Å². The highest BCUT2D eigenvalue weighted by Crippen LogP contribution is 2.12. The molecule has 0 unspecified atom stereocenters. The van der Waals surface area contributed by atoms with Crippen LogP contribution < -0.4 is 10.6 Å². The summed E-state index contributed by atoms with van der Waals surface area (Å²) in [5.41, 5.74) is 2.58. The van der Waals surface area contributed by atoms with Crippen LogP contribution in [0.5, 0.6) is 0 Å². The lowest BCUT2D eigenvalue weighted by Crippen LogP contribution is -2.49. The number of benzene rings is 1. The van der Waals surface area contributed by atoms with Gasteiger partial charge in [-0.15, -0.1) is 24.0 Å². The number of guanidine groups is 1. The number of likely N-dealkylation sites (tertiary alicyclic amines) is 1. The zero-order chi connectivity index (χ0) is 15.9. The summed E-state index contributed by atoms with van der Waals surface area (Å²) in [4.78, 5) is 6.89. The highest BCUT2D eigenvalue weighted by Gasteiger charge is 2.21. The van der Waals surface area contributed by atoms with Gasteiger partial charge in [-0.3, -0.25) is 4.99 Å². The maximum absolute atomic E-state index is 4.35. The minimum Gasteiger partial charge on any atom is -0.354 e. The Labute approximate surface area is 158 Å². The molecule has 1 aromatic rings. The molecule has 0 atom stereocenters. The van der Waals surface area contributed by atoms with Crippen molar-refractivity contribution in [3.05, 3.63) is 35.4 Å². The van der Waals surface area contributed by atoms with Gasteiger partial charge in [0.15, 0.2) is 5.96 Å². The Morgan fingerprint density at radius 3 is 2.35 bits per heavy atom. The number of rotatable bonds is 4. The molecule has 0 aromatic heterocycles. The maximum atomic E-state index is 4.35. The SMILES string of the molecule is CN=C(NCc1ccc(C)cc1)NC1CCN(C(C)C)CC1.I. The van der Waals surface area contributed by atoms with E-state index in [2.05, 4.69) is 65.6 Å². The van der Waals surface area contributed by atoms with Crippen LogP contribution in [0.2, 0.25) is 0 Å². The Morgan fingerprint density at radius 1 is 1.22 bits per heavy atom. The average molecular weight is 430 g/mol. The lowest BCUT2D eigenvalue weighted by molar-refractivity contribution is 0.167. The monoisotopic (exact) mass is 430 g/mol.